The van der Waals surface area contributed by atoms with Crippen molar-refractivity contribution in [1.82, 2.24) is 0 Å². The van der Waals surface area contributed by atoms with E-state index in [1.165, 1.54) is 31.4 Å². The SMILES string of the molecule is CCOC(=O)/C(=C/c1cc(F)cc(OC)c1)N=[N+]=[N-]. The molecule has 19 heavy (non-hydrogen) atoms. The highest BCUT2D eigenvalue weighted by Crippen LogP contribution is 2.19. The molecule has 6 nitrogen and oxygen atoms in total. The number of halogens is 1. The van der Waals surface area contributed by atoms with Crippen LogP contribution in [0.5, 0.6) is 5.75 Å². The Kier molecular flexibility index (Phi) is 5.37. The Hall–Kier alpha value is -2.53. The second-order valence-corrected chi connectivity index (χ2v) is 3.36. The summed E-state index contributed by atoms with van der Waals surface area (Å²) >= 11 is 0. The zero-order valence-electron chi connectivity index (χ0n) is 10.5. The van der Waals surface area contributed by atoms with Gasteiger partial charge in [0.05, 0.1) is 13.7 Å². The number of methoxy groups -OCH3 is 1. The maximum atomic E-state index is 13.3. The highest BCUT2D eigenvalue weighted by Gasteiger charge is 2.09. The molecule has 0 atom stereocenters. The Morgan fingerprint density at radius 3 is 2.84 bits per heavy atom. The zero-order chi connectivity index (χ0) is 14.3. The lowest BCUT2D eigenvalue weighted by Crippen LogP contribution is -2.05. The van der Waals surface area contributed by atoms with E-state index in [2.05, 4.69) is 10.0 Å². The molecule has 1 rings (SSSR count). The van der Waals surface area contributed by atoms with Gasteiger partial charge in [-0.15, -0.1) is 0 Å². The number of carbonyl (C=O) groups is 1. The van der Waals surface area contributed by atoms with Crippen LogP contribution in [0.2, 0.25) is 0 Å². The molecule has 0 heterocycles. The van der Waals surface area contributed by atoms with E-state index in [4.69, 9.17) is 15.0 Å². The molecule has 1 aromatic carbocycles. The standard InChI is InChI=1S/C12H12FN3O3/c1-3-19-12(17)11(15-16-14)6-8-4-9(13)7-10(5-8)18-2/h4-7H,3H2,1-2H3/b11-6-. The summed E-state index contributed by atoms with van der Waals surface area (Å²) in [4.78, 5) is 14.0. The van der Waals surface area contributed by atoms with Gasteiger partial charge in [0, 0.05) is 11.0 Å². The van der Waals surface area contributed by atoms with Crippen molar-refractivity contribution in [3.63, 3.8) is 0 Å². The van der Waals surface area contributed by atoms with E-state index in [1.54, 1.807) is 6.92 Å². The predicted molar refractivity (Wildman–Crippen MR) is 66.7 cm³/mol. The minimum absolute atomic E-state index is 0.142. The molecule has 100 valence electrons. The first-order valence-corrected chi connectivity index (χ1v) is 5.39. The van der Waals surface area contributed by atoms with Crippen LogP contribution in [0.25, 0.3) is 16.5 Å². The zero-order valence-corrected chi connectivity index (χ0v) is 10.5. The Morgan fingerprint density at radius 1 is 1.53 bits per heavy atom. The third-order valence-electron chi connectivity index (χ3n) is 2.07. The number of rotatable bonds is 5. The van der Waals surface area contributed by atoms with Crippen molar-refractivity contribution in [2.45, 2.75) is 6.92 Å². The van der Waals surface area contributed by atoms with Crippen molar-refractivity contribution in [3.05, 3.63) is 45.7 Å². The highest BCUT2D eigenvalue weighted by atomic mass is 19.1. The maximum absolute atomic E-state index is 13.3. The number of nitrogens with zero attached hydrogens (tertiary/aromatic N) is 3. The summed E-state index contributed by atoms with van der Waals surface area (Å²) in [6.45, 7) is 1.76. The number of azide groups is 1. The molecule has 0 bridgehead atoms. The molecule has 0 saturated heterocycles. The number of hydrogen-bond donors (Lipinski definition) is 0. The van der Waals surface area contributed by atoms with E-state index in [9.17, 15) is 9.18 Å². The van der Waals surface area contributed by atoms with Gasteiger partial charge in [0.25, 0.3) is 0 Å². The molecule has 0 aromatic heterocycles. The average Bonchev–Trinajstić information content (AvgIpc) is 2.37. The smallest absolute Gasteiger partial charge is 0.340 e. The van der Waals surface area contributed by atoms with Crippen LogP contribution < -0.4 is 4.74 Å². The van der Waals surface area contributed by atoms with Gasteiger partial charge in [0.1, 0.15) is 17.3 Å². The second-order valence-electron chi connectivity index (χ2n) is 3.36. The lowest BCUT2D eigenvalue weighted by Gasteiger charge is -2.04. The Labute approximate surface area is 109 Å². The molecule has 0 amide bonds. The Balaban J connectivity index is 3.18. The van der Waals surface area contributed by atoms with Crippen LogP contribution in [0.3, 0.4) is 0 Å². The van der Waals surface area contributed by atoms with Crippen molar-refractivity contribution in [2.75, 3.05) is 13.7 Å². The van der Waals surface area contributed by atoms with Gasteiger partial charge >= 0.3 is 5.97 Å². The molecule has 0 unspecified atom stereocenters. The monoisotopic (exact) mass is 265 g/mol. The minimum atomic E-state index is -0.775. The van der Waals surface area contributed by atoms with Crippen molar-refractivity contribution in [1.29, 1.82) is 0 Å². The number of ether oxygens (including phenoxy) is 2. The van der Waals surface area contributed by atoms with E-state index >= 15 is 0 Å². The number of esters is 1. The molecule has 0 aliphatic rings. The quantitative estimate of drug-likeness (QED) is 0.269. The fraction of sp³-hybridized carbons (Fsp3) is 0.250. The summed E-state index contributed by atoms with van der Waals surface area (Å²) in [5.41, 5.74) is 8.47. The molecule has 0 spiro atoms. The molecule has 0 fully saturated rings. The van der Waals surface area contributed by atoms with Crippen LogP contribution in [-0.4, -0.2) is 19.7 Å². The molecule has 1 aromatic rings. The average molecular weight is 265 g/mol. The first-order valence-electron chi connectivity index (χ1n) is 5.39. The van der Waals surface area contributed by atoms with E-state index in [0.717, 1.165) is 0 Å². The fourth-order valence-corrected chi connectivity index (χ4v) is 1.33. The van der Waals surface area contributed by atoms with Crippen LogP contribution in [0, 0.1) is 5.82 Å². The second kappa shape index (κ2) is 7.03. The van der Waals surface area contributed by atoms with Crippen LogP contribution >= 0.6 is 0 Å². The summed E-state index contributed by atoms with van der Waals surface area (Å²) in [5, 5.41) is 3.23. The van der Waals surface area contributed by atoms with Crippen LogP contribution in [0.4, 0.5) is 4.39 Å². The van der Waals surface area contributed by atoms with Crippen LogP contribution in [0.15, 0.2) is 29.0 Å². The van der Waals surface area contributed by atoms with E-state index in [0.29, 0.717) is 5.56 Å². The van der Waals surface area contributed by atoms with E-state index in [1.807, 2.05) is 0 Å². The van der Waals surface area contributed by atoms with Gasteiger partial charge in [0.15, 0.2) is 0 Å². The molecule has 7 heteroatoms. The Bertz CT molecular complexity index is 551. The summed E-state index contributed by atoms with van der Waals surface area (Å²) in [5.74, 6) is -1.02. The minimum Gasteiger partial charge on any atom is -0.497 e. The molecule has 0 radical (unpaired) electrons. The summed E-state index contributed by atoms with van der Waals surface area (Å²) in [6, 6.07) is 3.86. The van der Waals surface area contributed by atoms with Gasteiger partial charge in [0.2, 0.25) is 0 Å². The van der Waals surface area contributed by atoms with E-state index < -0.39 is 11.8 Å². The molecular formula is C12H12FN3O3. The summed E-state index contributed by atoms with van der Waals surface area (Å²) in [7, 11) is 1.39. The van der Waals surface area contributed by atoms with Crippen molar-refractivity contribution in [2.24, 2.45) is 5.11 Å². The first kappa shape index (κ1) is 14.5. The van der Waals surface area contributed by atoms with Gasteiger partial charge < -0.3 is 9.47 Å². The maximum Gasteiger partial charge on any atom is 0.340 e. The fourth-order valence-electron chi connectivity index (χ4n) is 1.33. The van der Waals surface area contributed by atoms with Gasteiger partial charge in [-0.05, 0) is 36.2 Å². The highest BCUT2D eigenvalue weighted by molar-refractivity contribution is 5.93. The molecule has 0 aliphatic heterocycles. The number of hydrogen-bond acceptors (Lipinski definition) is 4. The molecular weight excluding hydrogens is 253 g/mol. The summed E-state index contributed by atoms with van der Waals surface area (Å²) in [6.07, 6.45) is 1.23. The first-order chi connectivity index (χ1) is 9.10. The Morgan fingerprint density at radius 2 is 2.26 bits per heavy atom. The molecule has 0 saturated carbocycles. The van der Waals surface area contributed by atoms with Crippen molar-refractivity contribution < 1.29 is 18.7 Å². The molecule has 0 aliphatic carbocycles. The van der Waals surface area contributed by atoms with E-state index in [-0.39, 0.29) is 18.1 Å². The van der Waals surface area contributed by atoms with Crippen molar-refractivity contribution >= 4 is 12.0 Å². The summed E-state index contributed by atoms with van der Waals surface area (Å²) < 4.78 is 22.9. The van der Waals surface area contributed by atoms with Gasteiger partial charge in [-0.2, -0.15) is 0 Å². The lowest BCUT2D eigenvalue weighted by atomic mass is 10.1. The van der Waals surface area contributed by atoms with Crippen LogP contribution in [0.1, 0.15) is 12.5 Å². The molecule has 0 N–H and O–H groups in total. The largest absolute Gasteiger partial charge is 0.497 e. The third kappa shape index (κ3) is 4.33. The third-order valence-corrected chi connectivity index (χ3v) is 2.07. The van der Waals surface area contributed by atoms with Crippen molar-refractivity contribution in [3.8, 4) is 5.75 Å². The van der Waals surface area contributed by atoms with Gasteiger partial charge in [-0.1, -0.05) is 5.11 Å². The predicted octanol–water partition coefficient (Wildman–Crippen LogP) is 3.05. The van der Waals surface area contributed by atoms with Crippen LogP contribution in [-0.2, 0) is 9.53 Å². The number of benzene rings is 1. The van der Waals surface area contributed by atoms with Gasteiger partial charge in [-0.3, -0.25) is 0 Å². The number of carbonyl (C=O) groups excluding carboxylic acids is 1. The topological polar surface area (TPSA) is 84.3 Å². The lowest BCUT2D eigenvalue weighted by molar-refractivity contribution is -0.138. The normalized spacial score (nSPS) is 10.6. The van der Waals surface area contributed by atoms with Gasteiger partial charge in [-0.25, -0.2) is 9.18 Å².